The molecule has 5 nitrogen and oxygen atoms in total. The van der Waals surface area contributed by atoms with Crippen molar-refractivity contribution in [2.45, 2.75) is 26.2 Å². The summed E-state index contributed by atoms with van der Waals surface area (Å²) in [6.07, 6.45) is -0.479. The molecule has 0 radical (unpaired) electrons. The van der Waals surface area contributed by atoms with Crippen LogP contribution in [0.1, 0.15) is 12.5 Å². The number of benzene rings is 1. The van der Waals surface area contributed by atoms with Crippen LogP contribution in [0.5, 0.6) is 5.75 Å². The molecule has 0 saturated carbocycles. The van der Waals surface area contributed by atoms with E-state index in [0.717, 1.165) is 11.3 Å². The molecule has 0 bridgehead atoms. The number of thiophene rings is 2. The zero-order valence-electron chi connectivity index (χ0n) is 14.8. The number of rotatable bonds is 8. The van der Waals surface area contributed by atoms with Crippen molar-refractivity contribution in [3.63, 3.8) is 0 Å². The van der Waals surface area contributed by atoms with Gasteiger partial charge in [0, 0.05) is 23.8 Å². The van der Waals surface area contributed by atoms with Crippen molar-refractivity contribution in [2.24, 2.45) is 0 Å². The molecule has 0 spiro atoms. The van der Waals surface area contributed by atoms with Crippen molar-refractivity contribution in [1.82, 2.24) is 4.57 Å². The normalized spacial score (nSPS) is 12.6. The maximum atomic E-state index is 11.2. The molecule has 0 aliphatic rings. The summed E-state index contributed by atoms with van der Waals surface area (Å²) in [6.45, 7) is 2.61. The molecule has 3 aromatic heterocycles. The molecule has 0 saturated heterocycles. The lowest BCUT2D eigenvalue weighted by Gasteiger charge is -2.13. The molecule has 4 rings (SSSR count). The van der Waals surface area contributed by atoms with Crippen molar-refractivity contribution in [1.29, 1.82) is 0 Å². The van der Waals surface area contributed by atoms with Crippen LogP contribution < -0.4 is 4.74 Å². The van der Waals surface area contributed by atoms with E-state index < -0.39 is 12.1 Å². The van der Waals surface area contributed by atoms with E-state index in [1.165, 1.54) is 20.4 Å². The van der Waals surface area contributed by atoms with Gasteiger partial charge in [-0.2, -0.15) is 0 Å². The second kappa shape index (κ2) is 7.72. The van der Waals surface area contributed by atoms with Gasteiger partial charge in [-0.15, -0.1) is 22.7 Å². The summed E-state index contributed by atoms with van der Waals surface area (Å²) in [5.74, 6) is -0.185. The first-order valence-corrected chi connectivity index (χ1v) is 10.4. The molecule has 27 heavy (non-hydrogen) atoms. The summed E-state index contributed by atoms with van der Waals surface area (Å²) in [5, 5.41) is 15.9. The average molecular weight is 402 g/mol. The van der Waals surface area contributed by atoms with E-state index in [1.807, 2.05) is 24.3 Å². The summed E-state index contributed by atoms with van der Waals surface area (Å²) in [5.41, 5.74) is 0.908. The van der Waals surface area contributed by atoms with Crippen LogP contribution in [0.15, 0.2) is 47.2 Å². The van der Waals surface area contributed by atoms with Crippen LogP contribution in [0.2, 0.25) is 0 Å². The smallest absolute Gasteiger partial charge is 0.333 e. The predicted molar refractivity (Wildman–Crippen MR) is 109 cm³/mol. The molecule has 0 amide bonds. The highest BCUT2D eigenvalue weighted by atomic mass is 32.1. The van der Waals surface area contributed by atoms with E-state index in [4.69, 9.17) is 9.47 Å². The van der Waals surface area contributed by atoms with Crippen LogP contribution in [-0.2, 0) is 22.7 Å². The van der Waals surface area contributed by atoms with Gasteiger partial charge < -0.3 is 14.6 Å². The van der Waals surface area contributed by atoms with Gasteiger partial charge in [0.1, 0.15) is 15.4 Å². The van der Waals surface area contributed by atoms with Crippen molar-refractivity contribution in [3.05, 3.63) is 52.7 Å². The number of nitrogens with zero attached hydrogens (tertiary/aromatic N) is 1. The van der Waals surface area contributed by atoms with Crippen LogP contribution in [0.25, 0.3) is 20.4 Å². The minimum Gasteiger partial charge on any atom is -0.479 e. The molecular weight excluding hydrogens is 382 g/mol. The standard InChI is InChI=1S/C20H19NO4S2/c1-2-24-17(20(22)23)11-13-3-5-14(6-4-13)25-12-21-18-15(7-9-26-18)16-8-10-27-19(16)21/h3-10,17H,2,11-12H2,1H3,(H,22,23). The first-order chi connectivity index (χ1) is 13.2. The van der Waals surface area contributed by atoms with Gasteiger partial charge in [0.25, 0.3) is 0 Å². The monoisotopic (exact) mass is 401 g/mol. The van der Waals surface area contributed by atoms with E-state index >= 15 is 0 Å². The molecule has 1 aromatic carbocycles. The van der Waals surface area contributed by atoms with E-state index in [9.17, 15) is 9.90 Å². The molecule has 0 fully saturated rings. The average Bonchev–Trinajstić information content (AvgIpc) is 3.35. The number of aromatic nitrogens is 1. The Balaban J connectivity index is 1.46. The topological polar surface area (TPSA) is 60.7 Å². The molecule has 4 aromatic rings. The van der Waals surface area contributed by atoms with E-state index in [2.05, 4.69) is 27.5 Å². The molecule has 7 heteroatoms. The second-order valence-corrected chi connectivity index (χ2v) is 7.90. The Kier molecular flexibility index (Phi) is 5.15. The third-order valence-corrected chi connectivity index (χ3v) is 6.29. The quantitative estimate of drug-likeness (QED) is 0.452. The summed E-state index contributed by atoms with van der Waals surface area (Å²) in [7, 11) is 0. The number of carboxylic acids is 1. The van der Waals surface area contributed by atoms with Gasteiger partial charge in [-0.1, -0.05) is 12.1 Å². The van der Waals surface area contributed by atoms with Gasteiger partial charge in [-0.25, -0.2) is 4.79 Å². The maximum Gasteiger partial charge on any atom is 0.333 e. The Bertz CT molecular complexity index is 1010. The summed E-state index contributed by atoms with van der Waals surface area (Å²) in [4.78, 5) is 13.6. The fraction of sp³-hybridized carbons (Fsp3) is 0.250. The van der Waals surface area contributed by atoms with Crippen molar-refractivity contribution in [3.8, 4) is 5.75 Å². The zero-order valence-corrected chi connectivity index (χ0v) is 16.4. The number of carboxylic acid groups (broad SMARTS) is 1. The second-order valence-electron chi connectivity index (χ2n) is 6.11. The predicted octanol–water partition coefficient (Wildman–Crippen LogP) is 4.99. The lowest BCUT2D eigenvalue weighted by Crippen LogP contribution is -2.26. The number of hydrogen-bond acceptors (Lipinski definition) is 5. The van der Waals surface area contributed by atoms with Crippen LogP contribution >= 0.6 is 22.7 Å². The largest absolute Gasteiger partial charge is 0.479 e. The SMILES string of the molecule is CCOC(Cc1ccc(OCn2c3sccc3c3ccsc32)cc1)C(=O)O. The van der Waals surface area contributed by atoms with E-state index in [-0.39, 0.29) is 0 Å². The van der Waals surface area contributed by atoms with Gasteiger partial charge in [-0.05, 0) is 47.5 Å². The van der Waals surface area contributed by atoms with E-state index in [0.29, 0.717) is 19.8 Å². The fourth-order valence-corrected chi connectivity index (χ4v) is 5.01. The molecular formula is C20H19NO4S2. The first kappa shape index (κ1) is 18.0. The van der Waals surface area contributed by atoms with Gasteiger partial charge in [-0.3, -0.25) is 4.57 Å². The van der Waals surface area contributed by atoms with Crippen LogP contribution in [0.3, 0.4) is 0 Å². The van der Waals surface area contributed by atoms with Crippen molar-refractivity contribution < 1.29 is 19.4 Å². The van der Waals surface area contributed by atoms with Crippen molar-refractivity contribution in [2.75, 3.05) is 6.61 Å². The van der Waals surface area contributed by atoms with Gasteiger partial charge in [0.05, 0.1) is 0 Å². The van der Waals surface area contributed by atoms with Crippen LogP contribution in [0.4, 0.5) is 0 Å². The van der Waals surface area contributed by atoms with Crippen LogP contribution in [-0.4, -0.2) is 28.4 Å². The molecule has 1 unspecified atom stereocenters. The molecule has 3 heterocycles. The van der Waals surface area contributed by atoms with Gasteiger partial charge in [0.2, 0.25) is 0 Å². The maximum absolute atomic E-state index is 11.2. The highest BCUT2D eigenvalue weighted by Gasteiger charge is 2.18. The third kappa shape index (κ3) is 3.58. The highest BCUT2D eigenvalue weighted by Crippen LogP contribution is 2.35. The Labute approximate surface area is 164 Å². The Hall–Kier alpha value is -2.35. The molecule has 1 N–H and O–H groups in total. The van der Waals surface area contributed by atoms with Gasteiger partial charge >= 0.3 is 5.97 Å². The number of carbonyl (C=O) groups is 1. The minimum absolute atomic E-state index is 0.340. The van der Waals surface area contributed by atoms with Crippen molar-refractivity contribution >= 4 is 49.1 Å². The summed E-state index contributed by atoms with van der Waals surface area (Å²) >= 11 is 3.43. The van der Waals surface area contributed by atoms with Crippen LogP contribution in [0, 0.1) is 0 Å². The number of hydrogen-bond donors (Lipinski definition) is 1. The molecule has 0 aliphatic carbocycles. The Morgan fingerprint density at radius 2 is 1.70 bits per heavy atom. The minimum atomic E-state index is -0.940. The Morgan fingerprint density at radius 1 is 1.07 bits per heavy atom. The third-order valence-electron chi connectivity index (χ3n) is 4.42. The van der Waals surface area contributed by atoms with E-state index in [1.54, 1.807) is 29.6 Å². The fourth-order valence-electron chi connectivity index (χ4n) is 3.13. The lowest BCUT2D eigenvalue weighted by molar-refractivity contribution is -0.149. The number of aliphatic carboxylic acids is 1. The Morgan fingerprint density at radius 3 is 2.26 bits per heavy atom. The summed E-state index contributed by atoms with van der Waals surface area (Å²) in [6, 6.07) is 11.8. The molecule has 140 valence electrons. The number of fused-ring (bicyclic) bond motifs is 3. The molecule has 0 aliphatic heterocycles. The summed E-state index contributed by atoms with van der Waals surface area (Å²) < 4.78 is 13.5. The lowest BCUT2D eigenvalue weighted by atomic mass is 10.1. The van der Waals surface area contributed by atoms with Gasteiger partial charge in [0.15, 0.2) is 12.8 Å². The zero-order chi connectivity index (χ0) is 18.8. The molecule has 1 atom stereocenters. The first-order valence-electron chi connectivity index (χ1n) is 8.66. The number of ether oxygens (including phenoxy) is 2. The highest BCUT2D eigenvalue weighted by molar-refractivity contribution is 7.19.